The van der Waals surface area contributed by atoms with E-state index in [-0.39, 0.29) is 16.1 Å². The van der Waals surface area contributed by atoms with Crippen molar-refractivity contribution in [3.05, 3.63) is 69.2 Å². The molecule has 2 rings (SSSR count). The summed E-state index contributed by atoms with van der Waals surface area (Å²) in [5.41, 5.74) is -1.88. The molecule has 0 radical (unpaired) electrons. The van der Waals surface area contributed by atoms with Crippen molar-refractivity contribution in [2.75, 3.05) is 0 Å². The van der Waals surface area contributed by atoms with Gasteiger partial charge in [-0.05, 0) is 52.3 Å². The highest BCUT2D eigenvalue weighted by atomic mass is 79.9. The molecule has 0 aliphatic heterocycles. The first-order valence-electron chi connectivity index (χ1n) is 6.25. The minimum absolute atomic E-state index is 0.0589. The van der Waals surface area contributed by atoms with Crippen molar-refractivity contribution in [2.45, 2.75) is 12.7 Å². The average Bonchev–Trinajstić information content (AvgIpc) is 2.47. The molecule has 9 heteroatoms. The van der Waals surface area contributed by atoms with E-state index in [1.807, 2.05) is 0 Å². The number of ketones is 1. The van der Waals surface area contributed by atoms with Crippen molar-refractivity contribution < 1.29 is 35.9 Å². The third kappa shape index (κ3) is 4.15. The summed E-state index contributed by atoms with van der Waals surface area (Å²) < 4.78 is 80.8. The topological polar surface area (TPSA) is 26.3 Å². The second kappa shape index (κ2) is 6.94. The van der Waals surface area contributed by atoms with Crippen LogP contribution >= 0.6 is 15.9 Å². The molecule has 2 nitrogen and oxygen atoms in total. The first-order chi connectivity index (χ1) is 11.1. The van der Waals surface area contributed by atoms with E-state index in [9.17, 15) is 31.1 Å². The van der Waals surface area contributed by atoms with Crippen LogP contribution in [0.1, 0.15) is 21.5 Å². The second-order valence-electron chi connectivity index (χ2n) is 4.58. The number of benzene rings is 2. The Labute approximate surface area is 140 Å². The molecule has 0 atom stereocenters. The SMILES string of the molecule is O=C(c1cc(F)cc(C(F)(F)OC(F)F)c1)c1ccc(F)c(Br)c1. The largest absolute Gasteiger partial charge is 0.387 e. The fraction of sp³-hybridized carbons (Fsp3) is 0.133. The predicted molar refractivity (Wildman–Crippen MR) is 74.9 cm³/mol. The van der Waals surface area contributed by atoms with Gasteiger partial charge in [-0.1, -0.05) is 0 Å². The van der Waals surface area contributed by atoms with Crippen molar-refractivity contribution >= 4 is 21.7 Å². The van der Waals surface area contributed by atoms with Crippen LogP contribution in [0.2, 0.25) is 0 Å². The number of hydrogen-bond acceptors (Lipinski definition) is 2. The molecule has 0 aliphatic carbocycles. The summed E-state index contributed by atoms with van der Waals surface area (Å²) >= 11 is 2.85. The highest BCUT2D eigenvalue weighted by Crippen LogP contribution is 2.33. The second-order valence-corrected chi connectivity index (χ2v) is 5.44. The molecule has 0 unspecified atom stereocenters. The molecule has 0 saturated carbocycles. The Hall–Kier alpha value is -1.87. The zero-order valence-corrected chi connectivity index (χ0v) is 13.1. The summed E-state index contributed by atoms with van der Waals surface area (Å²) in [5.74, 6) is -2.80. The maximum atomic E-state index is 13.5. The Bertz CT molecular complexity index is 779. The van der Waals surface area contributed by atoms with E-state index in [4.69, 9.17) is 0 Å². The van der Waals surface area contributed by atoms with Gasteiger partial charge in [-0.25, -0.2) is 8.78 Å². The van der Waals surface area contributed by atoms with Crippen LogP contribution in [0.3, 0.4) is 0 Å². The van der Waals surface area contributed by atoms with Crippen molar-refractivity contribution in [3.63, 3.8) is 0 Å². The zero-order chi connectivity index (χ0) is 18.1. The van der Waals surface area contributed by atoms with E-state index in [1.165, 1.54) is 0 Å². The lowest BCUT2D eigenvalue weighted by atomic mass is 10.0. The van der Waals surface area contributed by atoms with Crippen LogP contribution in [0, 0.1) is 11.6 Å². The lowest BCUT2D eigenvalue weighted by molar-refractivity contribution is -0.328. The Balaban J connectivity index is 2.44. The number of ether oxygens (including phenoxy) is 1. The van der Waals surface area contributed by atoms with Gasteiger partial charge in [0.1, 0.15) is 11.6 Å². The quantitative estimate of drug-likeness (QED) is 0.495. The van der Waals surface area contributed by atoms with Crippen LogP contribution in [0.4, 0.5) is 26.3 Å². The van der Waals surface area contributed by atoms with Crippen LogP contribution in [0.25, 0.3) is 0 Å². The molecule has 0 N–H and O–H groups in total. The summed E-state index contributed by atoms with van der Waals surface area (Å²) in [6, 6.07) is 4.56. The molecule has 0 spiro atoms. The first-order valence-corrected chi connectivity index (χ1v) is 7.04. The van der Waals surface area contributed by atoms with Crippen LogP contribution in [0.5, 0.6) is 0 Å². The minimum atomic E-state index is -4.49. The fourth-order valence-electron chi connectivity index (χ4n) is 1.87. The number of rotatable bonds is 5. The smallest absolute Gasteiger partial charge is 0.289 e. The molecule has 128 valence electrons. The Kier molecular flexibility index (Phi) is 5.34. The molecule has 24 heavy (non-hydrogen) atoms. The predicted octanol–water partition coefficient (Wildman–Crippen LogP) is 5.25. The lowest BCUT2D eigenvalue weighted by Crippen LogP contribution is -2.22. The molecule has 0 fully saturated rings. The van der Waals surface area contributed by atoms with E-state index in [2.05, 4.69) is 20.7 Å². The first kappa shape index (κ1) is 18.5. The van der Waals surface area contributed by atoms with Gasteiger partial charge in [-0.3, -0.25) is 9.53 Å². The third-order valence-corrected chi connectivity index (χ3v) is 3.52. The van der Waals surface area contributed by atoms with Crippen LogP contribution in [0.15, 0.2) is 40.9 Å². The van der Waals surface area contributed by atoms with E-state index in [0.717, 1.165) is 18.2 Å². The average molecular weight is 413 g/mol. The van der Waals surface area contributed by atoms with Crippen LogP contribution in [-0.2, 0) is 10.8 Å². The van der Waals surface area contributed by atoms with E-state index < -0.39 is 41.3 Å². The maximum absolute atomic E-state index is 13.5. The number of carbonyl (C=O) groups excluding carboxylic acids is 1. The zero-order valence-electron chi connectivity index (χ0n) is 11.5. The molecule has 0 saturated heterocycles. The summed E-state index contributed by atoms with van der Waals surface area (Å²) in [5, 5.41) is 0. The number of carbonyl (C=O) groups is 1. The molecule has 0 aliphatic rings. The molecular weight excluding hydrogens is 406 g/mol. The molecule has 2 aromatic rings. The minimum Gasteiger partial charge on any atom is -0.289 e. The molecule has 0 amide bonds. The highest BCUT2D eigenvalue weighted by molar-refractivity contribution is 9.10. The Morgan fingerprint density at radius 3 is 2.29 bits per heavy atom. The van der Waals surface area contributed by atoms with Gasteiger partial charge < -0.3 is 0 Å². The van der Waals surface area contributed by atoms with Crippen molar-refractivity contribution in [2.24, 2.45) is 0 Å². The number of halogens is 7. The van der Waals surface area contributed by atoms with Gasteiger partial charge in [0.15, 0.2) is 5.78 Å². The number of alkyl halides is 4. The van der Waals surface area contributed by atoms with E-state index in [0.29, 0.717) is 12.1 Å². The lowest BCUT2D eigenvalue weighted by Gasteiger charge is -2.17. The summed E-state index contributed by atoms with van der Waals surface area (Å²) in [7, 11) is 0. The van der Waals surface area contributed by atoms with E-state index in [1.54, 1.807) is 0 Å². The van der Waals surface area contributed by atoms with Gasteiger partial charge in [0.2, 0.25) is 0 Å². The van der Waals surface area contributed by atoms with Crippen molar-refractivity contribution in [1.82, 2.24) is 0 Å². The molecule has 0 bridgehead atoms. The molecular formula is C15H7BrF6O2. The monoisotopic (exact) mass is 412 g/mol. The van der Waals surface area contributed by atoms with Gasteiger partial charge in [-0.15, -0.1) is 0 Å². The van der Waals surface area contributed by atoms with Gasteiger partial charge in [0, 0.05) is 11.1 Å². The van der Waals surface area contributed by atoms with Gasteiger partial charge in [0.25, 0.3) is 0 Å². The summed E-state index contributed by atoms with van der Waals surface area (Å²) in [6.45, 7) is -3.80. The molecule has 0 aromatic heterocycles. The van der Waals surface area contributed by atoms with Gasteiger partial charge >= 0.3 is 12.7 Å². The van der Waals surface area contributed by atoms with Crippen LogP contribution < -0.4 is 0 Å². The Morgan fingerprint density at radius 1 is 1.04 bits per heavy atom. The van der Waals surface area contributed by atoms with Gasteiger partial charge in [-0.2, -0.15) is 17.6 Å². The maximum Gasteiger partial charge on any atom is 0.387 e. The molecule has 2 aromatic carbocycles. The summed E-state index contributed by atoms with van der Waals surface area (Å²) in [4.78, 5) is 12.2. The van der Waals surface area contributed by atoms with E-state index >= 15 is 0 Å². The van der Waals surface area contributed by atoms with Gasteiger partial charge in [0.05, 0.1) is 10.0 Å². The Morgan fingerprint density at radius 2 is 1.71 bits per heavy atom. The molecule has 0 heterocycles. The standard InChI is InChI=1S/C15H7BrF6O2/c16-11-5-7(1-2-12(11)18)13(23)8-3-9(6-10(17)4-8)15(21,22)24-14(19)20/h1-6,14H. The fourth-order valence-corrected chi connectivity index (χ4v) is 2.25. The van der Waals surface area contributed by atoms with Crippen molar-refractivity contribution in [3.8, 4) is 0 Å². The third-order valence-electron chi connectivity index (χ3n) is 2.91. The highest BCUT2D eigenvalue weighted by Gasteiger charge is 2.37. The summed E-state index contributed by atoms with van der Waals surface area (Å²) in [6.07, 6.45) is -4.49. The van der Waals surface area contributed by atoms with Crippen LogP contribution in [-0.4, -0.2) is 12.4 Å². The van der Waals surface area contributed by atoms with Crippen molar-refractivity contribution in [1.29, 1.82) is 0 Å². The normalized spacial score (nSPS) is 11.8. The number of hydrogen-bond donors (Lipinski definition) is 0.